The van der Waals surface area contributed by atoms with E-state index in [1.165, 1.54) is 16.4 Å². The quantitative estimate of drug-likeness (QED) is 0.714. The standard InChI is InChI=1S/C18H26N2O5S/c1-2-3-12-26(24,25)20-10-8-15(9-11-20)17(21)19-13-14-4-6-16(7-5-14)18(22)23/h4-7,15H,2-3,8-13H2,1H3,(H,19,21)(H,22,23). The molecule has 0 aromatic heterocycles. The Balaban J connectivity index is 1.80. The Morgan fingerprint density at radius 3 is 2.35 bits per heavy atom. The van der Waals surface area contributed by atoms with Gasteiger partial charge in [-0.3, -0.25) is 4.79 Å². The Morgan fingerprint density at radius 1 is 1.19 bits per heavy atom. The molecule has 1 aliphatic heterocycles. The lowest BCUT2D eigenvalue weighted by molar-refractivity contribution is -0.126. The molecule has 0 spiro atoms. The molecule has 1 aromatic rings. The third kappa shape index (κ3) is 5.54. The van der Waals surface area contributed by atoms with Gasteiger partial charge in [0, 0.05) is 25.6 Å². The molecule has 1 amide bonds. The van der Waals surface area contributed by atoms with E-state index in [1.807, 2.05) is 6.92 Å². The van der Waals surface area contributed by atoms with Crippen LogP contribution in [0.3, 0.4) is 0 Å². The van der Waals surface area contributed by atoms with Gasteiger partial charge in [0.2, 0.25) is 15.9 Å². The fourth-order valence-electron chi connectivity index (χ4n) is 2.95. The summed E-state index contributed by atoms with van der Waals surface area (Å²) in [7, 11) is -3.21. The summed E-state index contributed by atoms with van der Waals surface area (Å²) < 4.78 is 25.9. The molecule has 1 aromatic carbocycles. The third-order valence-electron chi connectivity index (χ3n) is 4.64. The summed E-state index contributed by atoms with van der Waals surface area (Å²) in [5, 5.41) is 11.7. The predicted molar refractivity (Wildman–Crippen MR) is 98.2 cm³/mol. The van der Waals surface area contributed by atoms with Gasteiger partial charge in [0.05, 0.1) is 11.3 Å². The third-order valence-corrected chi connectivity index (χ3v) is 6.60. The van der Waals surface area contributed by atoms with E-state index in [1.54, 1.807) is 12.1 Å². The molecule has 8 heteroatoms. The van der Waals surface area contributed by atoms with E-state index in [9.17, 15) is 18.0 Å². The average molecular weight is 382 g/mol. The van der Waals surface area contributed by atoms with Gasteiger partial charge in [0.1, 0.15) is 0 Å². The van der Waals surface area contributed by atoms with Crippen LogP contribution in [0.5, 0.6) is 0 Å². The van der Waals surface area contributed by atoms with Gasteiger partial charge >= 0.3 is 5.97 Å². The van der Waals surface area contributed by atoms with Crippen molar-refractivity contribution in [2.75, 3.05) is 18.8 Å². The minimum atomic E-state index is -3.21. The zero-order chi connectivity index (χ0) is 19.2. The molecule has 7 nitrogen and oxygen atoms in total. The summed E-state index contributed by atoms with van der Waals surface area (Å²) in [5.74, 6) is -1.09. The van der Waals surface area contributed by atoms with E-state index in [-0.39, 0.29) is 23.1 Å². The summed E-state index contributed by atoms with van der Waals surface area (Å²) >= 11 is 0. The molecule has 0 aliphatic carbocycles. The lowest BCUT2D eigenvalue weighted by atomic mass is 9.97. The van der Waals surface area contributed by atoms with Crippen LogP contribution >= 0.6 is 0 Å². The molecule has 0 bridgehead atoms. The van der Waals surface area contributed by atoms with Gasteiger partial charge in [0.25, 0.3) is 0 Å². The zero-order valence-corrected chi connectivity index (χ0v) is 15.8. The van der Waals surface area contributed by atoms with E-state index in [0.29, 0.717) is 38.9 Å². The van der Waals surface area contributed by atoms with E-state index in [4.69, 9.17) is 5.11 Å². The van der Waals surface area contributed by atoms with Gasteiger partial charge in [-0.2, -0.15) is 0 Å². The van der Waals surface area contributed by atoms with Crippen LogP contribution in [0.15, 0.2) is 24.3 Å². The number of hydrogen-bond donors (Lipinski definition) is 2. The zero-order valence-electron chi connectivity index (χ0n) is 15.0. The number of sulfonamides is 1. The van der Waals surface area contributed by atoms with Gasteiger partial charge < -0.3 is 10.4 Å². The molecule has 2 N–H and O–H groups in total. The van der Waals surface area contributed by atoms with E-state index < -0.39 is 16.0 Å². The maximum atomic E-state index is 12.3. The first-order chi connectivity index (χ1) is 12.3. The Bertz CT molecular complexity index is 722. The number of rotatable bonds is 8. The second kappa shape index (κ2) is 9.14. The van der Waals surface area contributed by atoms with Gasteiger partial charge in [0.15, 0.2) is 0 Å². The second-order valence-electron chi connectivity index (χ2n) is 6.56. The van der Waals surface area contributed by atoms with Crippen molar-refractivity contribution in [3.63, 3.8) is 0 Å². The van der Waals surface area contributed by atoms with Crippen LogP contribution in [0.1, 0.15) is 48.5 Å². The number of hydrogen-bond acceptors (Lipinski definition) is 4. The van der Waals surface area contributed by atoms with Crippen LogP contribution < -0.4 is 5.32 Å². The van der Waals surface area contributed by atoms with Crippen molar-refractivity contribution < 1.29 is 23.1 Å². The molecular weight excluding hydrogens is 356 g/mol. The van der Waals surface area contributed by atoms with Crippen molar-refractivity contribution in [2.45, 2.75) is 39.2 Å². The molecule has 0 radical (unpaired) electrons. The van der Waals surface area contributed by atoms with E-state index in [0.717, 1.165) is 12.0 Å². The summed E-state index contributed by atoms with van der Waals surface area (Å²) in [6, 6.07) is 6.35. The number of carbonyl (C=O) groups excluding carboxylic acids is 1. The monoisotopic (exact) mass is 382 g/mol. The normalized spacial score (nSPS) is 16.3. The lowest BCUT2D eigenvalue weighted by Crippen LogP contribution is -2.43. The van der Waals surface area contributed by atoms with Gasteiger partial charge in [-0.25, -0.2) is 17.5 Å². The highest BCUT2D eigenvalue weighted by molar-refractivity contribution is 7.89. The smallest absolute Gasteiger partial charge is 0.335 e. The Kier molecular flexibility index (Phi) is 7.16. The van der Waals surface area contributed by atoms with Crippen LogP contribution in [-0.4, -0.2) is 48.5 Å². The summed E-state index contributed by atoms with van der Waals surface area (Å²) in [6.45, 7) is 3.06. The van der Waals surface area contributed by atoms with Crippen LogP contribution in [0.2, 0.25) is 0 Å². The summed E-state index contributed by atoms with van der Waals surface area (Å²) in [6.07, 6.45) is 2.54. The number of carboxylic acid groups (broad SMARTS) is 1. The molecule has 1 saturated heterocycles. The Labute approximate surface area is 154 Å². The highest BCUT2D eigenvalue weighted by atomic mass is 32.2. The first kappa shape index (κ1) is 20.4. The number of carboxylic acids is 1. The number of benzene rings is 1. The molecule has 0 atom stereocenters. The van der Waals surface area contributed by atoms with Gasteiger partial charge in [-0.05, 0) is 37.0 Å². The predicted octanol–water partition coefficient (Wildman–Crippen LogP) is 1.84. The fraction of sp³-hybridized carbons (Fsp3) is 0.556. The number of amides is 1. The summed E-state index contributed by atoms with van der Waals surface area (Å²) in [4.78, 5) is 23.1. The number of unbranched alkanes of at least 4 members (excludes halogenated alkanes) is 1. The molecule has 144 valence electrons. The molecule has 1 fully saturated rings. The molecule has 0 unspecified atom stereocenters. The summed E-state index contributed by atoms with van der Waals surface area (Å²) in [5.41, 5.74) is 1.03. The number of piperidine rings is 1. The highest BCUT2D eigenvalue weighted by Crippen LogP contribution is 2.20. The van der Waals surface area contributed by atoms with Crippen LogP contribution in [0, 0.1) is 5.92 Å². The molecule has 2 rings (SSSR count). The van der Waals surface area contributed by atoms with Crippen LogP contribution in [-0.2, 0) is 21.4 Å². The second-order valence-corrected chi connectivity index (χ2v) is 8.65. The van der Waals surface area contributed by atoms with Crippen molar-refractivity contribution in [2.24, 2.45) is 5.92 Å². The Morgan fingerprint density at radius 2 is 1.81 bits per heavy atom. The molecule has 0 saturated carbocycles. The molecular formula is C18H26N2O5S. The minimum Gasteiger partial charge on any atom is -0.478 e. The maximum Gasteiger partial charge on any atom is 0.335 e. The molecule has 1 heterocycles. The molecule has 1 aliphatic rings. The number of nitrogens with zero attached hydrogens (tertiary/aromatic N) is 1. The van der Waals surface area contributed by atoms with Crippen molar-refractivity contribution in [3.05, 3.63) is 35.4 Å². The Hall–Kier alpha value is -1.93. The number of carbonyl (C=O) groups is 2. The highest BCUT2D eigenvalue weighted by Gasteiger charge is 2.30. The van der Waals surface area contributed by atoms with Gasteiger partial charge in [-0.1, -0.05) is 25.5 Å². The minimum absolute atomic E-state index is 0.0853. The first-order valence-corrected chi connectivity index (χ1v) is 10.5. The topological polar surface area (TPSA) is 104 Å². The largest absolute Gasteiger partial charge is 0.478 e. The van der Waals surface area contributed by atoms with Gasteiger partial charge in [-0.15, -0.1) is 0 Å². The maximum absolute atomic E-state index is 12.3. The van der Waals surface area contributed by atoms with E-state index >= 15 is 0 Å². The van der Waals surface area contributed by atoms with Crippen LogP contribution in [0.25, 0.3) is 0 Å². The van der Waals surface area contributed by atoms with Crippen LogP contribution in [0.4, 0.5) is 0 Å². The molecule has 26 heavy (non-hydrogen) atoms. The lowest BCUT2D eigenvalue weighted by Gasteiger charge is -2.30. The average Bonchev–Trinajstić information content (AvgIpc) is 2.65. The number of nitrogens with one attached hydrogen (secondary N) is 1. The van der Waals surface area contributed by atoms with Crippen molar-refractivity contribution in [1.29, 1.82) is 0 Å². The van der Waals surface area contributed by atoms with Crippen molar-refractivity contribution in [3.8, 4) is 0 Å². The SMILES string of the molecule is CCCCS(=O)(=O)N1CCC(C(=O)NCc2ccc(C(=O)O)cc2)CC1. The fourth-order valence-corrected chi connectivity index (χ4v) is 4.63. The number of aromatic carboxylic acids is 1. The van der Waals surface area contributed by atoms with E-state index in [2.05, 4.69) is 5.32 Å². The van der Waals surface area contributed by atoms with Crippen molar-refractivity contribution in [1.82, 2.24) is 9.62 Å². The first-order valence-electron chi connectivity index (χ1n) is 8.91. The van der Waals surface area contributed by atoms with Crippen molar-refractivity contribution >= 4 is 21.9 Å².